The Hall–Kier alpha value is -3.76. The zero-order valence-corrected chi connectivity index (χ0v) is 21.0. The van der Waals surface area contributed by atoms with Crippen LogP contribution in [0.5, 0.6) is 17.2 Å². The van der Waals surface area contributed by atoms with E-state index in [2.05, 4.69) is 0 Å². The smallest absolute Gasteiger partial charge is 0.338 e. The summed E-state index contributed by atoms with van der Waals surface area (Å²) in [7, 11) is 1.26. The van der Waals surface area contributed by atoms with Crippen molar-refractivity contribution in [1.29, 1.82) is 0 Å². The van der Waals surface area contributed by atoms with Crippen LogP contribution in [-0.4, -0.2) is 47.3 Å². The highest BCUT2D eigenvalue weighted by Gasteiger charge is 2.24. The maximum atomic E-state index is 12.8. The molecule has 1 aromatic carbocycles. The lowest BCUT2D eigenvalue weighted by Crippen LogP contribution is -2.43. The molecule has 0 aliphatic carbocycles. The van der Waals surface area contributed by atoms with Gasteiger partial charge in [-0.15, -0.1) is 0 Å². The third-order valence-corrected chi connectivity index (χ3v) is 4.89. The average molecular weight is 492 g/mol. The molecule has 0 aliphatic heterocycles. The van der Waals surface area contributed by atoms with E-state index < -0.39 is 35.2 Å². The number of nitrogen functional groups attached to an aromatic ring is 1. The fourth-order valence-corrected chi connectivity index (χ4v) is 3.38. The average Bonchev–Trinajstić information content (AvgIpc) is 2.81. The summed E-state index contributed by atoms with van der Waals surface area (Å²) in [5.74, 6) is -0.954. The quantitative estimate of drug-likeness (QED) is 0.349. The molecule has 0 bridgehead atoms. The predicted octanol–water partition coefficient (Wildman–Crippen LogP) is 2.02. The van der Waals surface area contributed by atoms with Gasteiger partial charge < -0.3 is 24.7 Å². The first kappa shape index (κ1) is 27.5. The number of ether oxygens (including phenoxy) is 4. The van der Waals surface area contributed by atoms with Gasteiger partial charge in [0.1, 0.15) is 11.4 Å². The minimum Gasteiger partial charge on any atom is -0.490 e. The maximum Gasteiger partial charge on any atom is 0.338 e. The molecule has 0 aliphatic rings. The third-order valence-electron chi connectivity index (χ3n) is 4.89. The normalized spacial score (nSPS) is 10.8. The van der Waals surface area contributed by atoms with E-state index >= 15 is 0 Å². The lowest BCUT2D eigenvalue weighted by Gasteiger charge is -2.17. The van der Waals surface area contributed by atoms with Gasteiger partial charge in [-0.25, -0.2) is 9.59 Å². The van der Waals surface area contributed by atoms with Crippen molar-refractivity contribution in [3.8, 4) is 17.2 Å². The van der Waals surface area contributed by atoms with Gasteiger partial charge in [-0.05, 0) is 38.8 Å². The third kappa shape index (κ3) is 6.23. The van der Waals surface area contributed by atoms with Crippen LogP contribution in [-0.2, 0) is 18.3 Å². The molecule has 2 aromatic rings. The SMILES string of the molecule is CCOc1cc(C(=O)OCC(=O)c2c(N)n(CC(C)C)c(=O)n(C)c2=O)cc(OCC)c1OCC. The van der Waals surface area contributed by atoms with Crippen LogP contribution in [0, 0.1) is 5.92 Å². The molecular formula is C24H33N3O8. The van der Waals surface area contributed by atoms with Crippen molar-refractivity contribution >= 4 is 17.6 Å². The van der Waals surface area contributed by atoms with Gasteiger partial charge in [0.15, 0.2) is 18.1 Å². The fraction of sp³-hybridized carbons (Fsp3) is 0.500. The Kier molecular flexibility index (Phi) is 9.50. The summed E-state index contributed by atoms with van der Waals surface area (Å²) in [4.78, 5) is 50.6. The summed E-state index contributed by atoms with van der Waals surface area (Å²) in [5.41, 5.74) is 4.19. The standard InChI is InChI=1S/C24H33N3O8/c1-7-32-17-10-15(11-18(33-8-2)20(17)34-9-3)23(30)35-13-16(28)19-21(25)27(12-14(4)5)24(31)26(6)22(19)29/h10-11,14H,7-9,12-13,25H2,1-6H3. The Morgan fingerprint density at radius 2 is 1.51 bits per heavy atom. The molecule has 1 heterocycles. The molecule has 2 rings (SSSR count). The number of nitrogens with two attached hydrogens (primary N) is 1. The van der Waals surface area contributed by atoms with Crippen molar-refractivity contribution < 1.29 is 28.5 Å². The van der Waals surface area contributed by atoms with Gasteiger partial charge in [-0.2, -0.15) is 0 Å². The molecule has 0 radical (unpaired) electrons. The van der Waals surface area contributed by atoms with E-state index in [1.165, 1.54) is 19.2 Å². The Labute approximate surface area is 203 Å². The number of carbonyl (C=O) groups is 2. The number of anilines is 1. The van der Waals surface area contributed by atoms with Gasteiger partial charge in [0.2, 0.25) is 11.5 Å². The first-order chi connectivity index (χ1) is 16.6. The minimum atomic E-state index is -0.855. The number of rotatable bonds is 12. The van der Waals surface area contributed by atoms with Gasteiger partial charge in [0, 0.05) is 13.6 Å². The fourth-order valence-electron chi connectivity index (χ4n) is 3.38. The molecular weight excluding hydrogens is 458 g/mol. The van der Waals surface area contributed by atoms with Crippen molar-refractivity contribution in [2.75, 3.05) is 32.2 Å². The van der Waals surface area contributed by atoms with Crippen LogP contribution in [0.4, 0.5) is 5.82 Å². The molecule has 0 unspecified atom stereocenters. The molecule has 0 saturated carbocycles. The number of hydrogen-bond acceptors (Lipinski definition) is 9. The highest BCUT2D eigenvalue weighted by atomic mass is 16.5. The predicted molar refractivity (Wildman–Crippen MR) is 130 cm³/mol. The first-order valence-corrected chi connectivity index (χ1v) is 11.4. The monoisotopic (exact) mass is 491 g/mol. The summed E-state index contributed by atoms with van der Waals surface area (Å²) >= 11 is 0. The van der Waals surface area contributed by atoms with Gasteiger partial charge in [-0.3, -0.25) is 18.7 Å². The number of benzene rings is 1. The minimum absolute atomic E-state index is 0.0343. The molecule has 0 fully saturated rings. The summed E-state index contributed by atoms with van der Waals surface area (Å²) < 4.78 is 23.9. The zero-order valence-electron chi connectivity index (χ0n) is 21.0. The lowest BCUT2D eigenvalue weighted by molar-refractivity contribution is 0.0473. The molecule has 1 aromatic heterocycles. The molecule has 11 nitrogen and oxygen atoms in total. The summed E-state index contributed by atoms with van der Waals surface area (Å²) in [5, 5.41) is 0. The first-order valence-electron chi connectivity index (χ1n) is 11.4. The molecule has 0 atom stereocenters. The second kappa shape index (κ2) is 12.1. The van der Waals surface area contributed by atoms with E-state index in [0.717, 1.165) is 9.13 Å². The number of nitrogens with zero attached hydrogens (tertiary/aromatic N) is 2. The summed E-state index contributed by atoms with van der Waals surface area (Å²) in [6, 6.07) is 2.86. The van der Waals surface area contributed by atoms with E-state index in [0.29, 0.717) is 25.6 Å². The number of Topliss-reactive ketones (excluding diaryl/α,β-unsaturated/α-hetero) is 1. The molecule has 11 heteroatoms. The van der Waals surface area contributed by atoms with E-state index in [1.54, 1.807) is 20.8 Å². The van der Waals surface area contributed by atoms with E-state index in [4.69, 9.17) is 24.7 Å². The van der Waals surface area contributed by atoms with Crippen LogP contribution >= 0.6 is 0 Å². The van der Waals surface area contributed by atoms with Crippen molar-refractivity contribution in [2.24, 2.45) is 13.0 Å². The molecule has 2 N–H and O–H groups in total. The molecule has 35 heavy (non-hydrogen) atoms. The highest BCUT2D eigenvalue weighted by molar-refractivity contribution is 6.02. The number of esters is 1. The van der Waals surface area contributed by atoms with Gasteiger partial charge in [-0.1, -0.05) is 13.8 Å². The van der Waals surface area contributed by atoms with Crippen molar-refractivity contribution in [3.63, 3.8) is 0 Å². The Morgan fingerprint density at radius 1 is 0.971 bits per heavy atom. The maximum absolute atomic E-state index is 12.8. The van der Waals surface area contributed by atoms with Crippen LogP contribution in [0.15, 0.2) is 21.7 Å². The topological polar surface area (TPSA) is 141 Å². The number of aromatic nitrogens is 2. The van der Waals surface area contributed by atoms with Crippen molar-refractivity contribution in [2.45, 2.75) is 41.2 Å². The molecule has 0 saturated heterocycles. The van der Waals surface area contributed by atoms with E-state index in [9.17, 15) is 19.2 Å². The Bertz CT molecular complexity index is 1170. The second-order valence-corrected chi connectivity index (χ2v) is 8.01. The van der Waals surface area contributed by atoms with Crippen LogP contribution in [0.2, 0.25) is 0 Å². The van der Waals surface area contributed by atoms with Gasteiger partial charge >= 0.3 is 11.7 Å². The lowest BCUT2D eigenvalue weighted by atomic mass is 10.1. The molecule has 0 spiro atoms. The van der Waals surface area contributed by atoms with Crippen molar-refractivity contribution in [3.05, 3.63) is 44.1 Å². The molecule has 0 amide bonds. The van der Waals surface area contributed by atoms with Gasteiger partial charge in [0.25, 0.3) is 5.56 Å². The van der Waals surface area contributed by atoms with E-state index in [-0.39, 0.29) is 35.3 Å². The number of carbonyl (C=O) groups excluding carboxylic acids is 2. The second-order valence-electron chi connectivity index (χ2n) is 8.01. The summed E-state index contributed by atoms with van der Waals surface area (Å²) in [6.45, 7) is 9.55. The zero-order chi connectivity index (χ0) is 26.3. The van der Waals surface area contributed by atoms with Crippen molar-refractivity contribution in [1.82, 2.24) is 9.13 Å². The Morgan fingerprint density at radius 3 is 2.00 bits per heavy atom. The largest absolute Gasteiger partial charge is 0.490 e. The highest BCUT2D eigenvalue weighted by Crippen LogP contribution is 2.39. The summed E-state index contributed by atoms with van der Waals surface area (Å²) in [6.07, 6.45) is 0. The number of hydrogen-bond donors (Lipinski definition) is 1. The molecule has 192 valence electrons. The van der Waals surface area contributed by atoms with Crippen LogP contribution < -0.4 is 31.2 Å². The van der Waals surface area contributed by atoms with Crippen LogP contribution in [0.1, 0.15) is 55.3 Å². The van der Waals surface area contributed by atoms with Crippen LogP contribution in [0.25, 0.3) is 0 Å². The van der Waals surface area contributed by atoms with Crippen LogP contribution in [0.3, 0.4) is 0 Å². The number of ketones is 1. The van der Waals surface area contributed by atoms with E-state index in [1.807, 2.05) is 13.8 Å². The Balaban J connectivity index is 2.36. The van der Waals surface area contributed by atoms with Gasteiger partial charge in [0.05, 0.1) is 25.4 Å².